The molecule has 5 heteroatoms. The van der Waals surface area contributed by atoms with Crippen molar-refractivity contribution in [2.75, 3.05) is 13.1 Å². The molecule has 0 radical (unpaired) electrons. The minimum atomic E-state index is -1.00. The first kappa shape index (κ1) is 19.3. The molecule has 1 aromatic carbocycles. The topological polar surface area (TPSA) is 71.4 Å². The lowest BCUT2D eigenvalue weighted by molar-refractivity contribution is -0.855. The van der Waals surface area contributed by atoms with Crippen LogP contribution in [-0.2, 0) is 14.4 Å². The molecule has 1 amide bonds. The lowest BCUT2D eigenvalue weighted by Gasteiger charge is -2.37. The van der Waals surface area contributed by atoms with E-state index in [-0.39, 0.29) is 10.4 Å². The van der Waals surface area contributed by atoms with E-state index in [0.29, 0.717) is 25.9 Å². The molecule has 3 atom stereocenters. The Labute approximate surface area is 149 Å². The van der Waals surface area contributed by atoms with Gasteiger partial charge in [0.05, 0.1) is 19.0 Å². The summed E-state index contributed by atoms with van der Waals surface area (Å²) in [7, 11) is 0. The molecule has 3 unspecified atom stereocenters. The molecule has 136 valence electrons. The summed E-state index contributed by atoms with van der Waals surface area (Å²) in [4.78, 5) is 38.0. The van der Waals surface area contributed by atoms with Gasteiger partial charge in [0, 0.05) is 11.8 Å². The van der Waals surface area contributed by atoms with Gasteiger partial charge < -0.3 is 5.11 Å². The van der Waals surface area contributed by atoms with Gasteiger partial charge in [0.2, 0.25) is 6.04 Å². The molecular weight excluding hydrogens is 318 g/mol. The van der Waals surface area contributed by atoms with Crippen LogP contribution in [0.2, 0.25) is 0 Å². The molecule has 0 spiro atoms. The van der Waals surface area contributed by atoms with Gasteiger partial charge in [-0.15, -0.1) is 0 Å². The second kappa shape index (κ2) is 7.08. The number of amides is 1. The third-order valence-electron chi connectivity index (χ3n) is 5.14. The second-order valence-electron chi connectivity index (χ2n) is 7.95. The highest BCUT2D eigenvalue weighted by molar-refractivity contribution is 6.35. The van der Waals surface area contributed by atoms with Crippen LogP contribution in [0.1, 0.15) is 52.0 Å². The fourth-order valence-electron chi connectivity index (χ4n) is 3.95. The summed E-state index contributed by atoms with van der Waals surface area (Å²) in [5.41, 5.74) is 0.103. The van der Waals surface area contributed by atoms with Crippen molar-refractivity contribution < 1.29 is 24.0 Å². The Balaban J connectivity index is 2.51. The highest BCUT2D eigenvalue weighted by Crippen LogP contribution is 2.40. The number of nitrogens with zero attached hydrogens (tertiary/aromatic N) is 1. The average Bonchev–Trinajstić information content (AvgIpc) is 2.94. The largest absolute Gasteiger partial charge is 0.477 e. The maximum Gasteiger partial charge on any atom is 0.383 e. The summed E-state index contributed by atoms with van der Waals surface area (Å²) in [5.74, 6) is -2.31. The van der Waals surface area contributed by atoms with E-state index in [0.717, 1.165) is 5.56 Å². The molecule has 25 heavy (non-hydrogen) atoms. The van der Waals surface area contributed by atoms with Crippen molar-refractivity contribution in [2.24, 2.45) is 5.41 Å². The molecule has 1 aliphatic rings. The van der Waals surface area contributed by atoms with Gasteiger partial charge in [-0.25, -0.2) is 14.1 Å². The van der Waals surface area contributed by atoms with Gasteiger partial charge in [-0.2, -0.15) is 0 Å². The number of carbonyl (C=O) groups excluding carboxylic acids is 2. The summed E-state index contributed by atoms with van der Waals surface area (Å²) in [6.45, 7) is 7.80. The van der Waals surface area contributed by atoms with E-state index in [9.17, 15) is 19.5 Å². The quantitative estimate of drug-likeness (QED) is 0.657. The molecule has 1 heterocycles. The minimum absolute atomic E-state index is 0.262. The van der Waals surface area contributed by atoms with Crippen LogP contribution < -0.4 is 0 Å². The van der Waals surface area contributed by atoms with E-state index in [2.05, 4.69) is 0 Å². The fourth-order valence-corrected chi connectivity index (χ4v) is 3.95. The second-order valence-corrected chi connectivity index (χ2v) is 7.95. The number of Topliss-reactive ketones (excluding diaryl/α,β-unsaturated/α-hetero) is 1. The van der Waals surface area contributed by atoms with Crippen molar-refractivity contribution in [2.45, 2.75) is 52.5 Å². The summed E-state index contributed by atoms with van der Waals surface area (Å²) < 4.78 is -0.262. The standard InChI is InChI=1S/C20H27NO4/c1-5-12-21(18(23)17(22)20(2,3)4)13-11-15(16(21)19(24)25)14-9-7-6-8-10-14/h6-10,15-16H,5,11-13H2,1-4H3/p+1. The van der Waals surface area contributed by atoms with Crippen molar-refractivity contribution in [1.82, 2.24) is 0 Å². The van der Waals surface area contributed by atoms with Crippen LogP contribution in [0, 0.1) is 5.41 Å². The molecule has 0 saturated carbocycles. The van der Waals surface area contributed by atoms with Gasteiger partial charge in [-0.3, -0.25) is 4.79 Å². The van der Waals surface area contributed by atoms with Crippen LogP contribution in [0.25, 0.3) is 0 Å². The third-order valence-corrected chi connectivity index (χ3v) is 5.14. The number of ketones is 1. The molecule has 1 aliphatic heterocycles. The van der Waals surface area contributed by atoms with Gasteiger partial charge in [-0.1, -0.05) is 58.0 Å². The zero-order chi connectivity index (χ0) is 18.8. The zero-order valence-electron chi connectivity index (χ0n) is 15.5. The smallest absolute Gasteiger partial charge is 0.383 e. The SMILES string of the molecule is CCC[N+]1(C(=O)C(=O)C(C)(C)C)CCC(c2ccccc2)C1C(=O)O. The van der Waals surface area contributed by atoms with Gasteiger partial charge in [0.25, 0.3) is 5.78 Å². The predicted molar refractivity (Wildman–Crippen MR) is 95.0 cm³/mol. The van der Waals surface area contributed by atoms with Crippen LogP contribution in [0.4, 0.5) is 0 Å². The molecular formula is C20H28NO4+. The van der Waals surface area contributed by atoms with Gasteiger partial charge >= 0.3 is 11.9 Å². The summed E-state index contributed by atoms with van der Waals surface area (Å²) in [5, 5.41) is 9.96. The Bertz CT molecular complexity index is 662. The van der Waals surface area contributed by atoms with Gasteiger partial charge in [0.1, 0.15) is 0 Å². The Morgan fingerprint density at radius 1 is 1.16 bits per heavy atom. The van der Waals surface area contributed by atoms with E-state index in [1.807, 2.05) is 37.3 Å². The van der Waals surface area contributed by atoms with Crippen molar-refractivity contribution in [3.63, 3.8) is 0 Å². The van der Waals surface area contributed by atoms with Gasteiger partial charge in [0.15, 0.2) is 0 Å². The number of hydrogen-bond donors (Lipinski definition) is 1. The van der Waals surface area contributed by atoms with Crippen molar-refractivity contribution in [3.8, 4) is 0 Å². The Morgan fingerprint density at radius 3 is 2.24 bits per heavy atom. The number of carboxylic acid groups (broad SMARTS) is 1. The first-order valence-electron chi connectivity index (χ1n) is 8.89. The maximum absolute atomic E-state index is 13.2. The molecule has 0 aliphatic carbocycles. The average molecular weight is 346 g/mol. The van der Waals surface area contributed by atoms with Gasteiger partial charge in [-0.05, 0) is 12.0 Å². The van der Waals surface area contributed by atoms with E-state index in [4.69, 9.17) is 0 Å². The first-order chi connectivity index (χ1) is 11.6. The third kappa shape index (κ3) is 3.52. The maximum atomic E-state index is 13.2. The normalized spacial score (nSPS) is 26.4. The lowest BCUT2D eigenvalue weighted by Crippen LogP contribution is -2.63. The first-order valence-corrected chi connectivity index (χ1v) is 8.89. The van der Waals surface area contributed by atoms with Crippen LogP contribution in [-0.4, -0.2) is 46.4 Å². The zero-order valence-corrected chi connectivity index (χ0v) is 15.5. The van der Waals surface area contributed by atoms with Crippen LogP contribution >= 0.6 is 0 Å². The monoisotopic (exact) mass is 346 g/mol. The number of quaternary nitrogens is 1. The van der Waals surface area contributed by atoms with Crippen LogP contribution in [0.15, 0.2) is 30.3 Å². The number of carboxylic acids is 1. The number of carbonyl (C=O) groups is 3. The van der Waals surface area contributed by atoms with E-state index >= 15 is 0 Å². The van der Waals surface area contributed by atoms with Crippen LogP contribution in [0.5, 0.6) is 0 Å². The highest BCUT2D eigenvalue weighted by atomic mass is 16.4. The Hall–Kier alpha value is -2.01. The molecule has 1 saturated heterocycles. The fraction of sp³-hybridized carbons (Fsp3) is 0.550. The molecule has 1 N–H and O–H groups in total. The van der Waals surface area contributed by atoms with Crippen LogP contribution in [0.3, 0.4) is 0 Å². The van der Waals surface area contributed by atoms with Crippen molar-refractivity contribution in [1.29, 1.82) is 0 Å². The molecule has 5 nitrogen and oxygen atoms in total. The predicted octanol–water partition coefficient (Wildman–Crippen LogP) is 3.00. The Morgan fingerprint density at radius 2 is 1.76 bits per heavy atom. The van der Waals surface area contributed by atoms with E-state index in [1.54, 1.807) is 20.8 Å². The molecule has 0 aromatic heterocycles. The van der Waals surface area contributed by atoms with Crippen molar-refractivity contribution in [3.05, 3.63) is 35.9 Å². The molecule has 1 aromatic rings. The van der Waals surface area contributed by atoms with E-state index in [1.165, 1.54) is 0 Å². The van der Waals surface area contributed by atoms with Crippen molar-refractivity contribution >= 4 is 17.7 Å². The minimum Gasteiger partial charge on any atom is -0.477 e. The summed E-state index contributed by atoms with van der Waals surface area (Å²) >= 11 is 0. The number of benzene rings is 1. The highest BCUT2D eigenvalue weighted by Gasteiger charge is 2.59. The summed E-state index contributed by atoms with van der Waals surface area (Å²) in [6, 6.07) is 8.54. The molecule has 1 fully saturated rings. The Kier molecular flexibility index (Phi) is 5.47. The number of aliphatic carboxylic acids is 1. The van der Waals surface area contributed by atoms with E-state index < -0.39 is 29.1 Å². The number of rotatable bonds is 5. The molecule has 2 rings (SSSR count). The summed E-state index contributed by atoms with van der Waals surface area (Å²) in [6.07, 6.45) is 1.23. The molecule has 0 bridgehead atoms. The number of hydrogen-bond acceptors (Lipinski definition) is 3. The lowest BCUT2D eigenvalue weighted by atomic mass is 9.87. The number of likely N-dealkylation sites (tertiary alicyclic amines) is 1.